The SMILES string of the molecule is CSc1ccccc1C(=O)N1CCN2C(=O)[C@H](Cc3ccccc3)NC(=O)CCCn3cc(nn3)CNC(=O)[C@H]2C1. The lowest BCUT2D eigenvalue weighted by Gasteiger charge is -2.42. The zero-order valence-electron chi connectivity index (χ0n) is 22.9. The van der Waals surface area contributed by atoms with Crippen LogP contribution in [0.4, 0.5) is 0 Å². The van der Waals surface area contributed by atoms with Crippen molar-refractivity contribution in [3.8, 4) is 0 Å². The molecule has 0 aliphatic carbocycles. The van der Waals surface area contributed by atoms with E-state index in [-0.39, 0.29) is 56.7 Å². The Bertz CT molecular complexity index is 1410. The van der Waals surface area contributed by atoms with E-state index in [4.69, 9.17) is 0 Å². The molecule has 1 fully saturated rings. The first-order valence-corrected chi connectivity index (χ1v) is 14.9. The second-order valence-corrected chi connectivity index (χ2v) is 11.0. The van der Waals surface area contributed by atoms with Crippen LogP contribution < -0.4 is 10.6 Å². The summed E-state index contributed by atoms with van der Waals surface area (Å²) in [6.07, 6.45) is 4.66. The molecule has 2 aliphatic rings. The Hall–Kier alpha value is -4.19. The number of fused-ring (bicyclic) bond motifs is 3. The Kier molecular flexibility index (Phi) is 8.98. The maximum absolute atomic E-state index is 14.1. The molecule has 2 aromatic carbocycles. The molecule has 12 heteroatoms. The Morgan fingerprint density at radius 1 is 1.02 bits per heavy atom. The molecule has 214 valence electrons. The quantitative estimate of drug-likeness (QED) is 0.451. The van der Waals surface area contributed by atoms with Gasteiger partial charge < -0.3 is 20.4 Å². The average molecular weight is 576 g/mol. The summed E-state index contributed by atoms with van der Waals surface area (Å²) in [6, 6.07) is 15.0. The van der Waals surface area contributed by atoms with Crippen molar-refractivity contribution in [2.45, 2.75) is 49.3 Å². The number of amides is 4. The highest BCUT2D eigenvalue weighted by Crippen LogP contribution is 2.23. The van der Waals surface area contributed by atoms with Crippen LogP contribution in [0.15, 0.2) is 65.7 Å². The molecule has 0 spiro atoms. The number of benzene rings is 2. The van der Waals surface area contributed by atoms with Gasteiger partial charge in [-0.1, -0.05) is 47.7 Å². The summed E-state index contributed by atoms with van der Waals surface area (Å²) in [5, 5.41) is 14.0. The molecule has 4 amide bonds. The molecule has 0 radical (unpaired) electrons. The molecule has 11 nitrogen and oxygen atoms in total. The third kappa shape index (κ3) is 6.76. The molecule has 3 aromatic rings. The minimum Gasteiger partial charge on any atom is -0.348 e. The summed E-state index contributed by atoms with van der Waals surface area (Å²) >= 11 is 1.48. The molecule has 2 N–H and O–H groups in total. The number of hydrogen-bond donors (Lipinski definition) is 2. The fraction of sp³-hybridized carbons (Fsp3) is 0.379. The lowest BCUT2D eigenvalue weighted by molar-refractivity contribution is -0.146. The van der Waals surface area contributed by atoms with Crippen LogP contribution in [0.1, 0.15) is 34.5 Å². The van der Waals surface area contributed by atoms with Crippen LogP contribution >= 0.6 is 11.8 Å². The maximum atomic E-state index is 14.1. The van der Waals surface area contributed by atoms with E-state index < -0.39 is 18.0 Å². The summed E-state index contributed by atoms with van der Waals surface area (Å²) in [5.41, 5.74) is 2.01. The topological polar surface area (TPSA) is 130 Å². The Labute approximate surface area is 242 Å². The van der Waals surface area contributed by atoms with Gasteiger partial charge in [0.15, 0.2) is 0 Å². The van der Waals surface area contributed by atoms with Crippen LogP contribution in [-0.4, -0.2) is 86.4 Å². The van der Waals surface area contributed by atoms with Gasteiger partial charge in [-0.2, -0.15) is 0 Å². The van der Waals surface area contributed by atoms with Crippen LogP contribution in [0.5, 0.6) is 0 Å². The second kappa shape index (κ2) is 13.0. The minimum absolute atomic E-state index is 0.0256. The zero-order valence-corrected chi connectivity index (χ0v) is 23.7. The van der Waals surface area contributed by atoms with Crippen molar-refractivity contribution in [2.75, 3.05) is 25.9 Å². The molecule has 0 saturated carbocycles. The summed E-state index contributed by atoms with van der Waals surface area (Å²) in [4.78, 5) is 58.2. The van der Waals surface area contributed by atoms with Gasteiger partial charge in [0, 0.05) is 37.4 Å². The molecule has 2 bridgehead atoms. The number of nitrogens with zero attached hydrogens (tertiary/aromatic N) is 5. The molecule has 1 aromatic heterocycles. The van der Waals surface area contributed by atoms with Crippen molar-refractivity contribution in [1.29, 1.82) is 0 Å². The van der Waals surface area contributed by atoms with Gasteiger partial charge >= 0.3 is 0 Å². The van der Waals surface area contributed by atoms with Gasteiger partial charge in [-0.15, -0.1) is 16.9 Å². The molecular formula is C29H33N7O4S. The van der Waals surface area contributed by atoms with Crippen LogP contribution in [0.25, 0.3) is 0 Å². The maximum Gasteiger partial charge on any atom is 0.255 e. The fourth-order valence-electron chi connectivity index (χ4n) is 5.19. The number of nitrogens with one attached hydrogen (secondary N) is 2. The number of carbonyl (C=O) groups is 4. The molecule has 41 heavy (non-hydrogen) atoms. The first-order chi connectivity index (χ1) is 19.9. The van der Waals surface area contributed by atoms with Crippen LogP contribution in [0.3, 0.4) is 0 Å². The van der Waals surface area contributed by atoms with Crippen LogP contribution in [-0.2, 0) is 33.9 Å². The summed E-state index contributed by atoms with van der Waals surface area (Å²) in [5.74, 6) is -1.19. The van der Waals surface area contributed by atoms with Crippen molar-refractivity contribution in [3.63, 3.8) is 0 Å². The van der Waals surface area contributed by atoms with Gasteiger partial charge in [0.2, 0.25) is 17.7 Å². The average Bonchev–Trinajstić information content (AvgIpc) is 3.46. The number of aryl methyl sites for hydroxylation is 1. The lowest BCUT2D eigenvalue weighted by atomic mass is 10.0. The highest BCUT2D eigenvalue weighted by atomic mass is 32.2. The first kappa shape index (κ1) is 28.3. The van der Waals surface area contributed by atoms with Gasteiger partial charge in [-0.3, -0.25) is 23.9 Å². The minimum atomic E-state index is -0.947. The molecule has 3 heterocycles. The summed E-state index contributed by atoms with van der Waals surface area (Å²) in [6.45, 7) is 1.05. The largest absolute Gasteiger partial charge is 0.348 e. The van der Waals surface area contributed by atoms with E-state index in [1.54, 1.807) is 21.8 Å². The number of rotatable bonds is 4. The van der Waals surface area contributed by atoms with E-state index in [1.807, 2.05) is 54.8 Å². The van der Waals surface area contributed by atoms with Gasteiger partial charge in [0.05, 0.1) is 24.8 Å². The van der Waals surface area contributed by atoms with Crippen LogP contribution in [0.2, 0.25) is 0 Å². The van der Waals surface area contributed by atoms with Crippen molar-refractivity contribution in [1.82, 2.24) is 35.4 Å². The van der Waals surface area contributed by atoms with Crippen molar-refractivity contribution < 1.29 is 19.2 Å². The number of carbonyl (C=O) groups excluding carboxylic acids is 4. The number of piperazine rings is 1. The van der Waals surface area contributed by atoms with E-state index in [0.717, 1.165) is 10.5 Å². The first-order valence-electron chi connectivity index (χ1n) is 13.7. The molecule has 1 saturated heterocycles. The Balaban J connectivity index is 1.44. The predicted octanol–water partition coefficient (Wildman–Crippen LogP) is 1.49. The smallest absolute Gasteiger partial charge is 0.255 e. The summed E-state index contributed by atoms with van der Waals surface area (Å²) < 4.78 is 1.64. The van der Waals surface area contributed by atoms with Gasteiger partial charge in [0.25, 0.3) is 5.91 Å². The molecule has 0 unspecified atom stereocenters. The number of hydrogen-bond acceptors (Lipinski definition) is 7. The number of aromatic nitrogens is 3. The number of thioether (sulfide) groups is 1. The van der Waals surface area contributed by atoms with E-state index >= 15 is 0 Å². The van der Waals surface area contributed by atoms with Crippen LogP contribution in [0, 0.1) is 0 Å². The second-order valence-electron chi connectivity index (χ2n) is 10.1. The van der Waals surface area contributed by atoms with Gasteiger partial charge in [-0.25, -0.2) is 0 Å². The van der Waals surface area contributed by atoms with Crippen molar-refractivity contribution in [2.24, 2.45) is 0 Å². The molecule has 2 atom stereocenters. The standard InChI is InChI=1S/C29H33N7O4S/c1-41-25-11-6-5-10-22(25)28(39)34-14-15-36-24(19-34)27(38)30-17-21-18-35(33-32-21)13-7-12-26(37)31-23(29(36)40)16-20-8-3-2-4-9-20/h2-6,8-11,18,23-24H,7,12-17,19H2,1H3,(H,30,38)(H,31,37)/t23-,24+/m0/s1. The van der Waals surface area contributed by atoms with E-state index in [0.29, 0.717) is 24.2 Å². The van der Waals surface area contributed by atoms with Crippen molar-refractivity contribution in [3.05, 3.63) is 77.6 Å². The Morgan fingerprint density at radius 3 is 2.61 bits per heavy atom. The van der Waals surface area contributed by atoms with E-state index in [2.05, 4.69) is 20.9 Å². The highest BCUT2D eigenvalue weighted by molar-refractivity contribution is 7.98. The van der Waals surface area contributed by atoms with Crippen molar-refractivity contribution >= 4 is 35.4 Å². The van der Waals surface area contributed by atoms with E-state index in [9.17, 15) is 19.2 Å². The monoisotopic (exact) mass is 575 g/mol. The Morgan fingerprint density at radius 2 is 1.80 bits per heavy atom. The third-order valence-electron chi connectivity index (χ3n) is 7.33. The van der Waals surface area contributed by atoms with E-state index in [1.165, 1.54) is 16.7 Å². The summed E-state index contributed by atoms with van der Waals surface area (Å²) in [7, 11) is 0. The molecule has 2 aliphatic heterocycles. The molecule has 5 rings (SSSR count). The van der Waals surface area contributed by atoms with Gasteiger partial charge in [-0.05, 0) is 30.4 Å². The van der Waals surface area contributed by atoms with Gasteiger partial charge in [0.1, 0.15) is 17.8 Å². The predicted molar refractivity (Wildman–Crippen MR) is 153 cm³/mol. The fourth-order valence-corrected chi connectivity index (χ4v) is 5.78. The molecular weight excluding hydrogens is 542 g/mol. The lowest BCUT2D eigenvalue weighted by Crippen LogP contribution is -2.64. The highest BCUT2D eigenvalue weighted by Gasteiger charge is 2.40. The third-order valence-corrected chi connectivity index (χ3v) is 8.12. The normalized spacial score (nSPS) is 20.4. The zero-order chi connectivity index (χ0) is 28.8.